The third-order valence-corrected chi connectivity index (χ3v) is 5.24. The van der Waals surface area contributed by atoms with Crippen molar-refractivity contribution in [3.05, 3.63) is 22.8 Å². The van der Waals surface area contributed by atoms with Gasteiger partial charge in [0.2, 0.25) is 0 Å². The minimum atomic E-state index is -0.369. The van der Waals surface area contributed by atoms with Gasteiger partial charge in [-0.3, -0.25) is 9.59 Å². The van der Waals surface area contributed by atoms with E-state index < -0.39 is 0 Å². The standard InChI is InChI=1S/C15H16O2/c16-13-8-12-9-4-1-2-5-10(9)14(17)15(12)7-3-6-11(13)15/h8,11H,1-7H2. The molecule has 2 heteroatoms. The molecule has 0 aliphatic heterocycles. The molecule has 1 saturated carbocycles. The van der Waals surface area contributed by atoms with E-state index >= 15 is 0 Å². The predicted molar refractivity (Wildman–Crippen MR) is 63.4 cm³/mol. The van der Waals surface area contributed by atoms with Gasteiger partial charge in [-0.25, -0.2) is 0 Å². The molecule has 2 atom stereocenters. The number of carbonyl (C=O) groups is 2. The van der Waals surface area contributed by atoms with E-state index in [1.807, 2.05) is 6.08 Å². The Balaban J connectivity index is 1.94. The Morgan fingerprint density at radius 1 is 1.06 bits per heavy atom. The normalized spacial score (nSPS) is 39.3. The third kappa shape index (κ3) is 0.943. The number of hydrogen-bond donors (Lipinski definition) is 0. The topological polar surface area (TPSA) is 34.1 Å². The van der Waals surface area contributed by atoms with Crippen LogP contribution >= 0.6 is 0 Å². The van der Waals surface area contributed by atoms with E-state index in [0.717, 1.165) is 49.7 Å². The maximum atomic E-state index is 12.7. The molecule has 0 aromatic carbocycles. The van der Waals surface area contributed by atoms with Gasteiger partial charge >= 0.3 is 0 Å². The molecule has 0 saturated heterocycles. The lowest BCUT2D eigenvalue weighted by molar-refractivity contribution is -0.128. The third-order valence-electron chi connectivity index (χ3n) is 5.24. The van der Waals surface area contributed by atoms with Gasteiger partial charge in [0.25, 0.3) is 0 Å². The minimum absolute atomic E-state index is 0.00407. The van der Waals surface area contributed by atoms with E-state index in [9.17, 15) is 9.59 Å². The zero-order chi connectivity index (χ0) is 11.6. The van der Waals surface area contributed by atoms with Crippen LogP contribution in [0.4, 0.5) is 0 Å². The number of hydrogen-bond acceptors (Lipinski definition) is 2. The average Bonchev–Trinajstić information content (AvgIpc) is 2.95. The lowest BCUT2D eigenvalue weighted by atomic mass is 9.74. The Hall–Kier alpha value is -1.18. The number of fused-ring (bicyclic) bond motifs is 1. The second kappa shape index (κ2) is 2.98. The van der Waals surface area contributed by atoms with Crippen molar-refractivity contribution in [3.63, 3.8) is 0 Å². The highest BCUT2D eigenvalue weighted by Crippen LogP contribution is 2.62. The lowest BCUT2D eigenvalue weighted by Crippen LogP contribution is -2.32. The van der Waals surface area contributed by atoms with Crippen molar-refractivity contribution in [2.75, 3.05) is 0 Å². The fourth-order valence-corrected chi connectivity index (χ4v) is 4.56. The van der Waals surface area contributed by atoms with E-state index in [0.29, 0.717) is 5.78 Å². The molecule has 0 heterocycles. The summed E-state index contributed by atoms with van der Waals surface area (Å²) in [6.07, 6.45) is 9.00. The second-order valence-electron chi connectivity index (χ2n) is 5.87. The Kier molecular flexibility index (Phi) is 1.72. The van der Waals surface area contributed by atoms with Gasteiger partial charge in [-0.2, -0.15) is 0 Å². The van der Waals surface area contributed by atoms with Crippen LogP contribution < -0.4 is 0 Å². The monoisotopic (exact) mass is 228 g/mol. The first-order valence-electron chi connectivity index (χ1n) is 6.78. The van der Waals surface area contributed by atoms with Gasteiger partial charge in [-0.15, -0.1) is 0 Å². The molecule has 2 unspecified atom stereocenters. The molecular formula is C15H16O2. The molecule has 0 aromatic heterocycles. The van der Waals surface area contributed by atoms with Gasteiger partial charge < -0.3 is 0 Å². The van der Waals surface area contributed by atoms with Crippen LogP contribution in [-0.2, 0) is 9.59 Å². The quantitative estimate of drug-likeness (QED) is 0.639. The molecule has 0 amide bonds. The lowest BCUT2D eigenvalue weighted by Gasteiger charge is -2.25. The van der Waals surface area contributed by atoms with Crippen LogP contribution in [0.15, 0.2) is 22.8 Å². The van der Waals surface area contributed by atoms with Gasteiger partial charge in [0, 0.05) is 5.92 Å². The summed E-state index contributed by atoms with van der Waals surface area (Å²) in [5.74, 6) is 0.547. The zero-order valence-corrected chi connectivity index (χ0v) is 9.92. The Morgan fingerprint density at radius 3 is 2.65 bits per heavy atom. The van der Waals surface area contributed by atoms with E-state index in [1.54, 1.807) is 0 Å². The highest BCUT2D eigenvalue weighted by atomic mass is 16.1. The smallest absolute Gasteiger partial charge is 0.170 e. The highest BCUT2D eigenvalue weighted by Gasteiger charge is 2.61. The van der Waals surface area contributed by atoms with Crippen LogP contribution in [-0.4, -0.2) is 11.6 Å². The van der Waals surface area contributed by atoms with Gasteiger partial charge in [0.1, 0.15) is 0 Å². The molecule has 17 heavy (non-hydrogen) atoms. The largest absolute Gasteiger partial charge is 0.294 e. The number of ketones is 2. The molecule has 0 aromatic rings. The first-order valence-corrected chi connectivity index (χ1v) is 6.78. The van der Waals surface area contributed by atoms with Gasteiger partial charge in [-0.1, -0.05) is 6.42 Å². The fourth-order valence-electron chi connectivity index (χ4n) is 4.56. The summed E-state index contributed by atoms with van der Waals surface area (Å²) in [7, 11) is 0. The Labute approximate surface area is 101 Å². The molecule has 4 aliphatic carbocycles. The van der Waals surface area contributed by atoms with Crippen molar-refractivity contribution in [2.24, 2.45) is 11.3 Å². The summed E-state index contributed by atoms with van der Waals surface area (Å²) >= 11 is 0. The van der Waals surface area contributed by atoms with Gasteiger partial charge in [-0.05, 0) is 61.3 Å². The fraction of sp³-hybridized carbons (Fsp3) is 0.600. The maximum absolute atomic E-state index is 12.7. The van der Waals surface area contributed by atoms with Gasteiger partial charge in [0.05, 0.1) is 5.41 Å². The number of allylic oxidation sites excluding steroid dienone is 4. The SMILES string of the molecule is O=C1C=C2C3=C(CCCC3)C(=O)C23CCCC13. The first kappa shape index (κ1) is 9.81. The summed E-state index contributed by atoms with van der Waals surface area (Å²) < 4.78 is 0. The summed E-state index contributed by atoms with van der Waals surface area (Å²) in [6.45, 7) is 0. The van der Waals surface area contributed by atoms with E-state index in [4.69, 9.17) is 0 Å². The van der Waals surface area contributed by atoms with Crippen LogP contribution in [0, 0.1) is 11.3 Å². The van der Waals surface area contributed by atoms with Crippen LogP contribution in [0.2, 0.25) is 0 Å². The number of carbonyl (C=O) groups excluding carboxylic acids is 2. The summed E-state index contributed by atoms with van der Waals surface area (Å²) in [5, 5.41) is 0. The van der Waals surface area contributed by atoms with E-state index in [2.05, 4.69) is 0 Å². The predicted octanol–water partition coefficient (Wildman–Crippen LogP) is 2.74. The first-order chi connectivity index (χ1) is 8.25. The van der Waals surface area contributed by atoms with Crippen LogP contribution in [0.25, 0.3) is 0 Å². The molecule has 88 valence electrons. The molecule has 1 fully saturated rings. The molecule has 1 spiro atoms. The average molecular weight is 228 g/mol. The second-order valence-corrected chi connectivity index (χ2v) is 5.87. The number of Topliss-reactive ketones (excluding diaryl/α,β-unsaturated/α-hetero) is 1. The van der Waals surface area contributed by atoms with Crippen molar-refractivity contribution in [2.45, 2.75) is 44.9 Å². The van der Waals surface area contributed by atoms with Crippen LogP contribution in [0.3, 0.4) is 0 Å². The van der Waals surface area contributed by atoms with Crippen LogP contribution in [0.1, 0.15) is 44.9 Å². The molecule has 2 nitrogen and oxygen atoms in total. The van der Waals surface area contributed by atoms with E-state index in [1.165, 1.54) is 12.0 Å². The van der Waals surface area contributed by atoms with Crippen molar-refractivity contribution in [1.82, 2.24) is 0 Å². The zero-order valence-electron chi connectivity index (χ0n) is 9.92. The molecule has 4 rings (SSSR count). The summed E-state index contributed by atoms with van der Waals surface area (Å²) in [5.41, 5.74) is 3.12. The van der Waals surface area contributed by atoms with Gasteiger partial charge in [0.15, 0.2) is 11.6 Å². The van der Waals surface area contributed by atoms with Crippen molar-refractivity contribution in [1.29, 1.82) is 0 Å². The highest BCUT2D eigenvalue weighted by molar-refractivity contribution is 6.16. The summed E-state index contributed by atoms with van der Waals surface area (Å²) in [6, 6.07) is 0. The molecule has 0 radical (unpaired) electrons. The Bertz CT molecular complexity index is 509. The van der Waals surface area contributed by atoms with Crippen LogP contribution in [0.5, 0.6) is 0 Å². The maximum Gasteiger partial charge on any atom is 0.170 e. The molecule has 0 N–H and O–H groups in total. The van der Waals surface area contributed by atoms with Crippen molar-refractivity contribution in [3.8, 4) is 0 Å². The van der Waals surface area contributed by atoms with Crippen molar-refractivity contribution < 1.29 is 9.59 Å². The molecule has 4 aliphatic rings. The number of rotatable bonds is 0. The minimum Gasteiger partial charge on any atom is -0.294 e. The molecule has 0 bridgehead atoms. The Morgan fingerprint density at radius 2 is 1.82 bits per heavy atom. The van der Waals surface area contributed by atoms with Crippen molar-refractivity contribution >= 4 is 11.6 Å². The summed E-state index contributed by atoms with van der Waals surface area (Å²) in [4.78, 5) is 24.8. The van der Waals surface area contributed by atoms with E-state index in [-0.39, 0.29) is 17.1 Å². The molecular weight excluding hydrogens is 212 g/mol.